The van der Waals surface area contributed by atoms with Crippen molar-refractivity contribution in [2.75, 3.05) is 18.9 Å². The van der Waals surface area contributed by atoms with E-state index in [1.165, 1.54) is 24.8 Å². The van der Waals surface area contributed by atoms with Gasteiger partial charge in [-0.25, -0.2) is 0 Å². The third-order valence-electron chi connectivity index (χ3n) is 4.66. The monoisotopic (exact) mass is 288 g/mol. The number of aryl methyl sites for hydroxylation is 1. The lowest BCUT2D eigenvalue weighted by molar-refractivity contribution is 0.0630. The van der Waals surface area contributed by atoms with Crippen molar-refractivity contribution < 1.29 is 4.79 Å². The summed E-state index contributed by atoms with van der Waals surface area (Å²) >= 11 is 0. The molecule has 1 aliphatic rings. The molecule has 1 amide bonds. The van der Waals surface area contributed by atoms with Crippen LogP contribution < -0.4 is 5.32 Å². The Bertz CT molecular complexity index is 498. The molecule has 0 saturated heterocycles. The lowest BCUT2D eigenvalue weighted by Crippen LogP contribution is -2.42. The van der Waals surface area contributed by atoms with E-state index in [-0.39, 0.29) is 5.91 Å². The molecule has 1 fully saturated rings. The average molecular weight is 288 g/mol. The Morgan fingerprint density at radius 3 is 2.71 bits per heavy atom. The number of hydrogen-bond donors (Lipinski definition) is 1. The van der Waals surface area contributed by atoms with Gasteiger partial charge in [0.2, 0.25) is 0 Å². The van der Waals surface area contributed by atoms with Gasteiger partial charge < -0.3 is 10.2 Å². The largest absolute Gasteiger partial charge is 0.385 e. The lowest BCUT2D eigenvalue weighted by Gasteiger charge is -2.36. The molecule has 0 radical (unpaired) electrons. The minimum Gasteiger partial charge on any atom is -0.385 e. The molecule has 2 unspecified atom stereocenters. The fourth-order valence-electron chi connectivity index (χ4n) is 3.39. The zero-order valence-corrected chi connectivity index (χ0v) is 13.8. The van der Waals surface area contributed by atoms with E-state index in [0.717, 1.165) is 24.2 Å². The summed E-state index contributed by atoms with van der Waals surface area (Å²) < 4.78 is 0. The topological polar surface area (TPSA) is 32.3 Å². The summed E-state index contributed by atoms with van der Waals surface area (Å²) in [6.45, 7) is 7.22. The van der Waals surface area contributed by atoms with Crippen molar-refractivity contribution in [3.63, 3.8) is 0 Å². The Morgan fingerprint density at radius 1 is 1.33 bits per heavy atom. The van der Waals surface area contributed by atoms with E-state index < -0.39 is 0 Å². The normalized spacial score (nSPS) is 21.9. The van der Waals surface area contributed by atoms with E-state index in [1.54, 1.807) is 0 Å². The molecule has 0 aromatic heterocycles. The molecule has 1 N–H and O–H groups in total. The molecule has 2 rings (SSSR count). The van der Waals surface area contributed by atoms with Gasteiger partial charge in [-0.3, -0.25) is 4.79 Å². The van der Waals surface area contributed by atoms with Gasteiger partial charge in [-0.2, -0.15) is 0 Å². The Morgan fingerprint density at radius 2 is 2.05 bits per heavy atom. The van der Waals surface area contributed by atoms with Crippen LogP contribution in [0.2, 0.25) is 0 Å². The second kappa shape index (κ2) is 6.97. The van der Waals surface area contributed by atoms with Crippen LogP contribution in [0.1, 0.15) is 55.5 Å². The van der Waals surface area contributed by atoms with Gasteiger partial charge in [0.15, 0.2) is 0 Å². The van der Waals surface area contributed by atoms with Gasteiger partial charge >= 0.3 is 0 Å². The zero-order chi connectivity index (χ0) is 15.4. The van der Waals surface area contributed by atoms with Gasteiger partial charge in [0.05, 0.1) is 5.56 Å². The first kappa shape index (κ1) is 15.9. The molecular formula is C18H28N2O. The molecule has 0 bridgehead atoms. The van der Waals surface area contributed by atoms with Crippen LogP contribution in [0, 0.1) is 12.8 Å². The number of amides is 1. The van der Waals surface area contributed by atoms with Gasteiger partial charge in [-0.05, 0) is 50.3 Å². The number of carbonyl (C=O) groups is 1. The molecule has 1 aromatic rings. The summed E-state index contributed by atoms with van der Waals surface area (Å²) in [5.74, 6) is 0.741. The summed E-state index contributed by atoms with van der Waals surface area (Å²) in [5.41, 5.74) is 2.93. The van der Waals surface area contributed by atoms with Crippen LogP contribution in [0.5, 0.6) is 0 Å². The Balaban J connectivity index is 2.22. The van der Waals surface area contributed by atoms with Gasteiger partial charge in [0.25, 0.3) is 5.91 Å². The molecule has 2 atom stereocenters. The van der Waals surface area contributed by atoms with Crippen LogP contribution in [-0.4, -0.2) is 30.4 Å². The number of rotatable bonds is 4. The van der Waals surface area contributed by atoms with E-state index in [4.69, 9.17) is 0 Å². The minimum absolute atomic E-state index is 0.143. The summed E-state index contributed by atoms with van der Waals surface area (Å²) in [6.07, 6.45) is 4.90. The van der Waals surface area contributed by atoms with Crippen LogP contribution in [0.3, 0.4) is 0 Å². The third kappa shape index (κ3) is 3.58. The molecule has 1 saturated carbocycles. The smallest absolute Gasteiger partial charge is 0.255 e. The maximum Gasteiger partial charge on any atom is 0.255 e. The van der Waals surface area contributed by atoms with Crippen molar-refractivity contribution in [1.82, 2.24) is 4.90 Å². The van der Waals surface area contributed by atoms with E-state index >= 15 is 0 Å². The lowest BCUT2D eigenvalue weighted by atomic mass is 9.85. The van der Waals surface area contributed by atoms with Crippen LogP contribution >= 0.6 is 0 Å². The number of nitrogens with one attached hydrogen (secondary N) is 1. The van der Waals surface area contributed by atoms with Crippen molar-refractivity contribution in [2.45, 2.75) is 52.5 Å². The summed E-state index contributed by atoms with van der Waals surface area (Å²) in [4.78, 5) is 14.8. The predicted molar refractivity (Wildman–Crippen MR) is 88.9 cm³/mol. The van der Waals surface area contributed by atoms with Gasteiger partial charge in [0, 0.05) is 25.3 Å². The first-order valence-corrected chi connectivity index (χ1v) is 8.16. The molecule has 0 aliphatic heterocycles. The Hall–Kier alpha value is -1.51. The molecule has 1 aromatic carbocycles. The number of hydrogen-bond acceptors (Lipinski definition) is 2. The molecule has 21 heavy (non-hydrogen) atoms. The SMILES string of the molecule is CCNc1cc(C)ccc1C(=O)N(C)C1CCCCC1C. The fraction of sp³-hybridized carbons (Fsp3) is 0.611. The summed E-state index contributed by atoms with van der Waals surface area (Å²) in [5, 5.41) is 3.32. The Kier molecular flexibility index (Phi) is 5.27. The van der Waals surface area contributed by atoms with Crippen molar-refractivity contribution in [3.05, 3.63) is 29.3 Å². The van der Waals surface area contributed by atoms with E-state index in [0.29, 0.717) is 12.0 Å². The van der Waals surface area contributed by atoms with Gasteiger partial charge in [-0.1, -0.05) is 25.8 Å². The summed E-state index contributed by atoms with van der Waals surface area (Å²) in [6, 6.07) is 6.42. The van der Waals surface area contributed by atoms with E-state index in [9.17, 15) is 4.79 Å². The second-order valence-electron chi connectivity index (χ2n) is 6.32. The molecule has 3 nitrogen and oxygen atoms in total. The maximum absolute atomic E-state index is 12.9. The van der Waals surface area contributed by atoms with E-state index in [1.807, 2.05) is 24.1 Å². The quantitative estimate of drug-likeness (QED) is 0.905. The maximum atomic E-state index is 12.9. The molecule has 116 valence electrons. The molecule has 0 spiro atoms. The van der Waals surface area contributed by atoms with E-state index in [2.05, 4.69) is 32.2 Å². The molecular weight excluding hydrogens is 260 g/mol. The Labute approximate surface area is 128 Å². The minimum atomic E-state index is 0.143. The number of carbonyl (C=O) groups excluding carboxylic acids is 1. The fourth-order valence-corrected chi connectivity index (χ4v) is 3.39. The number of anilines is 1. The highest BCUT2D eigenvalue weighted by atomic mass is 16.2. The van der Waals surface area contributed by atoms with Gasteiger partial charge in [0.1, 0.15) is 0 Å². The highest BCUT2D eigenvalue weighted by Crippen LogP contribution is 2.29. The highest BCUT2D eigenvalue weighted by Gasteiger charge is 2.29. The second-order valence-corrected chi connectivity index (χ2v) is 6.32. The zero-order valence-electron chi connectivity index (χ0n) is 13.8. The highest BCUT2D eigenvalue weighted by molar-refractivity contribution is 5.99. The number of benzene rings is 1. The standard InChI is InChI=1S/C18H28N2O/c1-5-19-16-12-13(2)10-11-15(16)18(21)20(4)17-9-7-6-8-14(17)3/h10-12,14,17,19H,5-9H2,1-4H3. The van der Waals surface area contributed by atoms with Crippen molar-refractivity contribution >= 4 is 11.6 Å². The van der Waals surface area contributed by atoms with Gasteiger partial charge in [-0.15, -0.1) is 0 Å². The van der Waals surface area contributed by atoms with Crippen LogP contribution in [0.4, 0.5) is 5.69 Å². The number of nitrogens with zero attached hydrogens (tertiary/aromatic N) is 1. The van der Waals surface area contributed by atoms with Crippen LogP contribution in [0.25, 0.3) is 0 Å². The molecule has 1 aliphatic carbocycles. The first-order chi connectivity index (χ1) is 10.0. The molecule has 0 heterocycles. The van der Waals surface area contributed by atoms with Crippen LogP contribution in [-0.2, 0) is 0 Å². The van der Waals surface area contributed by atoms with Crippen LogP contribution in [0.15, 0.2) is 18.2 Å². The summed E-state index contributed by atoms with van der Waals surface area (Å²) in [7, 11) is 1.96. The first-order valence-electron chi connectivity index (χ1n) is 8.16. The average Bonchev–Trinajstić information content (AvgIpc) is 2.47. The van der Waals surface area contributed by atoms with Crippen molar-refractivity contribution in [3.8, 4) is 0 Å². The predicted octanol–water partition coefficient (Wildman–Crippen LogP) is 4.08. The van der Waals surface area contributed by atoms with Crippen molar-refractivity contribution in [1.29, 1.82) is 0 Å². The van der Waals surface area contributed by atoms with Crippen molar-refractivity contribution in [2.24, 2.45) is 5.92 Å². The third-order valence-corrected chi connectivity index (χ3v) is 4.66. The molecule has 3 heteroatoms.